The van der Waals surface area contributed by atoms with Crippen molar-refractivity contribution in [3.8, 4) is 0 Å². The van der Waals surface area contributed by atoms with Gasteiger partial charge in [0.1, 0.15) is 6.61 Å². The maximum absolute atomic E-state index is 11.4. The van der Waals surface area contributed by atoms with E-state index in [9.17, 15) is 4.79 Å². The van der Waals surface area contributed by atoms with E-state index in [1.54, 1.807) is 6.92 Å². The number of hydrogen-bond acceptors (Lipinski definition) is 3. The number of carbonyl (C=O) groups excluding carboxylic acids is 1. The van der Waals surface area contributed by atoms with Crippen molar-refractivity contribution in [3.63, 3.8) is 0 Å². The highest BCUT2D eigenvalue weighted by molar-refractivity contribution is 7.80. The van der Waals surface area contributed by atoms with Crippen LogP contribution in [-0.2, 0) is 16.0 Å². The lowest BCUT2D eigenvalue weighted by Crippen LogP contribution is -2.08. The van der Waals surface area contributed by atoms with E-state index in [1.165, 1.54) is 0 Å². The summed E-state index contributed by atoms with van der Waals surface area (Å²) in [6, 6.07) is 7.54. The molecule has 0 saturated carbocycles. The molecule has 0 spiro atoms. The van der Waals surface area contributed by atoms with Gasteiger partial charge in [-0.05, 0) is 31.0 Å². The number of ether oxygens (including phenoxy) is 1. The Bertz CT molecular complexity index is 398. The van der Waals surface area contributed by atoms with Gasteiger partial charge in [0.15, 0.2) is 0 Å². The quantitative estimate of drug-likeness (QED) is 0.505. The topological polar surface area (TPSA) is 26.3 Å². The van der Waals surface area contributed by atoms with E-state index in [4.69, 9.17) is 16.3 Å². The van der Waals surface area contributed by atoms with Crippen LogP contribution in [0.1, 0.15) is 12.5 Å². The van der Waals surface area contributed by atoms with Crippen molar-refractivity contribution in [3.05, 3.63) is 46.5 Å². The molecule has 92 valence electrons. The monoisotopic (exact) mass is 270 g/mol. The van der Waals surface area contributed by atoms with Crippen molar-refractivity contribution < 1.29 is 9.53 Å². The molecule has 0 heterocycles. The molecule has 0 unspecified atom stereocenters. The second-order valence-corrected chi connectivity index (χ2v) is 4.46. The molecule has 0 amide bonds. The second-order valence-electron chi connectivity index (χ2n) is 3.58. The number of halogens is 1. The molecule has 1 rings (SSSR count). The van der Waals surface area contributed by atoms with E-state index in [0.29, 0.717) is 29.4 Å². The van der Waals surface area contributed by atoms with Crippen LogP contribution in [0.5, 0.6) is 0 Å². The Labute approximate surface area is 112 Å². The first-order valence-electron chi connectivity index (χ1n) is 5.32. The number of esters is 1. The zero-order valence-corrected chi connectivity index (χ0v) is 11.3. The van der Waals surface area contributed by atoms with Crippen molar-refractivity contribution in [2.75, 3.05) is 12.4 Å². The molecule has 0 aliphatic heterocycles. The fourth-order valence-electron chi connectivity index (χ4n) is 1.23. The fourth-order valence-corrected chi connectivity index (χ4v) is 1.44. The zero-order chi connectivity index (χ0) is 12.7. The molecule has 2 nitrogen and oxygen atoms in total. The first kappa shape index (κ1) is 14.1. The molecule has 0 N–H and O–H groups in total. The van der Waals surface area contributed by atoms with Crippen LogP contribution in [0.15, 0.2) is 35.9 Å². The maximum atomic E-state index is 11.4. The number of thiol groups is 1. The number of allylic oxidation sites excluding steroid dienone is 1. The minimum absolute atomic E-state index is 0.284. The third-order valence-corrected chi connectivity index (χ3v) is 2.64. The second kappa shape index (κ2) is 7.41. The third kappa shape index (κ3) is 5.29. The van der Waals surface area contributed by atoms with E-state index < -0.39 is 0 Å². The molecule has 0 atom stereocenters. The summed E-state index contributed by atoms with van der Waals surface area (Å²) in [6.45, 7) is 2.09. The lowest BCUT2D eigenvalue weighted by molar-refractivity contribution is -0.138. The molecule has 0 saturated heterocycles. The van der Waals surface area contributed by atoms with Crippen molar-refractivity contribution in [2.24, 2.45) is 0 Å². The largest absolute Gasteiger partial charge is 0.461 e. The van der Waals surface area contributed by atoms with Crippen LogP contribution in [0, 0.1) is 0 Å². The summed E-state index contributed by atoms with van der Waals surface area (Å²) in [5.41, 5.74) is 1.72. The Morgan fingerprint density at radius 2 is 2.06 bits per heavy atom. The van der Waals surface area contributed by atoms with Crippen LogP contribution in [0.3, 0.4) is 0 Å². The first-order valence-corrected chi connectivity index (χ1v) is 6.33. The van der Waals surface area contributed by atoms with Crippen LogP contribution in [0.25, 0.3) is 0 Å². The molecule has 0 aliphatic carbocycles. The smallest absolute Gasteiger partial charge is 0.333 e. The molecule has 4 heteroatoms. The Morgan fingerprint density at radius 3 is 2.65 bits per heavy atom. The van der Waals surface area contributed by atoms with Crippen molar-refractivity contribution >= 4 is 30.2 Å². The van der Waals surface area contributed by atoms with Gasteiger partial charge in [0.25, 0.3) is 0 Å². The van der Waals surface area contributed by atoms with E-state index in [1.807, 2.05) is 30.3 Å². The number of carbonyl (C=O) groups is 1. The Hall–Kier alpha value is -0.930. The predicted molar refractivity (Wildman–Crippen MR) is 73.7 cm³/mol. The summed E-state index contributed by atoms with van der Waals surface area (Å²) in [5, 5.41) is 0.711. The van der Waals surface area contributed by atoms with E-state index in [-0.39, 0.29) is 5.97 Å². The van der Waals surface area contributed by atoms with E-state index >= 15 is 0 Å². The number of hydrogen-bond donors (Lipinski definition) is 1. The molecule has 0 fully saturated rings. The minimum atomic E-state index is -0.284. The summed E-state index contributed by atoms with van der Waals surface area (Å²) in [7, 11) is 0. The minimum Gasteiger partial charge on any atom is -0.461 e. The summed E-state index contributed by atoms with van der Waals surface area (Å²) in [6.07, 6.45) is 2.54. The molecule has 1 aromatic carbocycles. The van der Waals surface area contributed by atoms with Gasteiger partial charge in [-0.2, -0.15) is 12.6 Å². The summed E-state index contributed by atoms with van der Waals surface area (Å²) >= 11 is 9.76. The number of benzene rings is 1. The SMILES string of the molecule is C/C(=C\Cc1ccc(Cl)cc1)C(=O)OCCS. The lowest BCUT2D eigenvalue weighted by atomic mass is 10.1. The molecule has 0 aromatic heterocycles. The third-order valence-electron chi connectivity index (χ3n) is 2.20. The van der Waals surface area contributed by atoms with Crippen LogP contribution < -0.4 is 0 Å². The van der Waals surface area contributed by atoms with Gasteiger partial charge in [-0.25, -0.2) is 4.79 Å². The summed E-state index contributed by atoms with van der Waals surface area (Å²) < 4.78 is 4.96. The van der Waals surface area contributed by atoms with E-state index in [0.717, 1.165) is 5.56 Å². The average Bonchev–Trinajstić information content (AvgIpc) is 2.34. The van der Waals surface area contributed by atoms with Crippen molar-refractivity contribution in [1.82, 2.24) is 0 Å². The highest BCUT2D eigenvalue weighted by Gasteiger charge is 2.04. The molecule has 0 radical (unpaired) electrons. The summed E-state index contributed by atoms with van der Waals surface area (Å²) in [5.74, 6) is 0.254. The molecular formula is C13H15ClO2S. The van der Waals surface area contributed by atoms with Crippen LogP contribution in [-0.4, -0.2) is 18.3 Å². The average molecular weight is 271 g/mol. The van der Waals surface area contributed by atoms with Crippen molar-refractivity contribution in [2.45, 2.75) is 13.3 Å². The van der Waals surface area contributed by atoms with Gasteiger partial charge in [0.2, 0.25) is 0 Å². The van der Waals surface area contributed by atoms with Gasteiger partial charge in [-0.1, -0.05) is 29.8 Å². The molecule has 0 bridgehead atoms. The van der Waals surface area contributed by atoms with Gasteiger partial charge in [0, 0.05) is 16.3 Å². The van der Waals surface area contributed by atoms with Crippen LogP contribution in [0.2, 0.25) is 5.02 Å². The van der Waals surface area contributed by atoms with Gasteiger partial charge in [-0.15, -0.1) is 0 Å². The lowest BCUT2D eigenvalue weighted by Gasteiger charge is -2.03. The van der Waals surface area contributed by atoms with Gasteiger partial charge in [-0.3, -0.25) is 0 Å². The van der Waals surface area contributed by atoms with Crippen LogP contribution in [0.4, 0.5) is 0 Å². The Balaban J connectivity index is 2.52. The molecular weight excluding hydrogens is 256 g/mol. The Morgan fingerprint density at radius 1 is 1.41 bits per heavy atom. The van der Waals surface area contributed by atoms with Crippen molar-refractivity contribution in [1.29, 1.82) is 0 Å². The standard InChI is InChI=1S/C13H15ClO2S/c1-10(13(15)16-8-9-17)2-3-11-4-6-12(14)7-5-11/h2,4-7,17H,3,8-9H2,1H3/b10-2+. The van der Waals surface area contributed by atoms with Gasteiger partial charge < -0.3 is 4.74 Å². The predicted octanol–water partition coefficient (Wildman–Crippen LogP) is 3.30. The molecule has 0 aliphatic rings. The maximum Gasteiger partial charge on any atom is 0.333 e. The highest BCUT2D eigenvalue weighted by Crippen LogP contribution is 2.11. The highest BCUT2D eigenvalue weighted by atomic mass is 35.5. The first-order chi connectivity index (χ1) is 8.13. The molecule has 17 heavy (non-hydrogen) atoms. The van der Waals surface area contributed by atoms with Gasteiger partial charge in [0.05, 0.1) is 0 Å². The fraction of sp³-hybridized carbons (Fsp3) is 0.308. The van der Waals surface area contributed by atoms with Gasteiger partial charge >= 0.3 is 5.97 Å². The zero-order valence-electron chi connectivity index (χ0n) is 9.65. The molecule has 1 aromatic rings. The van der Waals surface area contributed by atoms with E-state index in [2.05, 4.69) is 12.6 Å². The normalized spacial score (nSPS) is 11.4. The summed E-state index contributed by atoms with van der Waals surface area (Å²) in [4.78, 5) is 11.4. The van der Waals surface area contributed by atoms with Crippen LogP contribution >= 0.6 is 24.2 Å². The number of rotatable bonds is 5. The Kier molecular flexibility index (Phi) is 6.16.